The van der Waals surface area contributed by atoms with Gasteiger partial charge in [-0.05, 0) is 78.5 Å². The van der Waals surface area contributed by atoms with Gasteiger partial charge in [-0.2, -0.15) is 4.99 Å². The summed E-state index contributed by atoms with van der Waals surface area (Å²) in [5.41, 5.74) is 2.17. The maximum atomic E-state index is 13.4. The second kappa shape index (κ2) is 10.6. The van der Waals surface area contributed by atoms with Crippen molar-refractivity contribution in [3.63, 3.8) is 0 Å². The zero-order chi connectivity index (χ0) is 26.1. The molecule has 6 rings (SSSR count). The molecule has 0 spiro atoms. The zero-order valence-corrected chi connectivity index (χ0v) is 22.3. The number of thioether (sulfide) groups is 1. The quantitative estimate of drug-likeness (QED) is 0.282. The van der Waals surface area contributed by atoms with E-state index >= 15 is 0 Å². The third kappa shape index (κ3) is 5.15. The van der Waals surface area contributed by atoms with E-state index in [9.17, 15) is 9.59 Å². The van der Waals surface area contributed by atoms with Gasteiger partial charge in [0.05, 0.1) is 10.4 Å². The molecule has 4 aromatic rings. The van der Waals surface area contributed by atoms with Crippen LogP contribution >= 0.6 is 34.7 Å². The summed E-state index contributed by atoms with van der Waals surface area (Å²) in [4.78, 5) is 42.4. The number of likely N-dealkylation sites (tertiary alicyclic amines) is 1. The van der Waals surface area contributed by atoms with Gasteiger partial charge in [-0.25, -0.2) is 9.97 Å². The number of nitrogens with zero attached hydrogens (tertiary/aromatic N) is 4. The fraction of sp³-hybridized carbons (Fsp3) is 0.148. The summed E-state index contributed by atoms with van der Waals surface area (Å²) in [6, 6.07) is 16.4. The molecule has 1 atom stereocenters. The molecule has 2 aromatic heterocycles. The normalized spacial score (nSPS) is 18.3. The third-order valence-electron chi connectivity index (χ3n) is 6.22. The summed E-state index contributed by atoms with van der Waals surface area (Å²) in [7, 11) is 0. The van der Waals surface area contributed by atoms with Crippen LogP contribution in [0.5, 0.6) is 0 Å². The van der Waals surface area contributed by atoms with Crippen molar-refractivity contribution in [1.82, 2.24) is 14.9 Å². The van der Waals surface area contributed by atoms with Crippen molar-refractivity contribution in [1.29, 1.82) is 0 Å². The Morgan fingerprint density at radius 2 is 2.03 bits per heavy atom. The average Bonchev–Trinajstić information content (AvgIpc) is 3.67. The fourth-order valence-corrected chi connectivity index (χ4v) is 6.36. The number of carbonyl (C=O) groups excluding carboxylic acids is 2. The number of aliphatic imine (C=N–C) groups is 1. The van der Waals surface area contributed by atoms with E-state index in [1.54, 1.807) is 17.4 Å². The van der Waals surface area contributed by atoms with E-state index in [2.05, 4.69) is 25.6 Å². The Morgan fingerprint density at radius 1 is 1.11 bits per heavy atom. The first-order chi connectivity index (χ1) is 18.5. The lowest BCUT2D eigenvalue weighted by molar-refractivity contribution is -0.119. The predicted octanol–water partition coefficient (Wildman–Crippen LogP) is 6.16. The number of fused-ring (bicyclic) bond motifs is 1. The molecule has 0 aliphatic carbocycles. The fourth-order valence-electron chi connectivity index (χ4n) is 4.45. The van der Waals surface area contributed by atoms with Gasteiger partial charge in [0.25, 0.3) is 5.91 Å². The van der Waals surface area contributed by atoms with Gasteiger partial charge in [-0.1, -0.05) is 23.7 Å². The second-order valence-electron chi connectivity index (χ2n) is 8.76. The first-order valence-electron chi connectivity index (χ1n) is 11.9. The smallest absolute Gasteiger partial charge is 0.286 e. The highest BCUT2D eigenvalue weighted by molar-refractivity contribution is 8.18. The predicted molar refractivity (Wildman–Crippen MR) is 155 cm³/mol. The molecule has 4 heterocycles. The number of nitrogens with one attached hydrogen (secondary N) is 2. The number of halogens is 1. The van der Waals surface area contributed by atoms with Crippen LogP contribution in [0.1, 0.15) is 17.7 Å². The Kier molecular flexibility index (Phi) is 6.84. The number of amidine groups is 1. The maximum Gasteiger partial charge on any atom is 0.286 e. The highest BCUT2D eigenvalue weighted by Crippen LogP contribution is 2.35. The summed E-state index contributed by atoms with van der Waals surface area (Å²) in [5, 5.41) is 10.2. The minimum atomic E-state index is -0.415. The summed E-state index contributed by atoms with van der Waals surface area (Å²) in [6.07, 6.45) is 4.87. The molecule has 2 aromatic carbocycles. The van der Waals surface area contributed by atoms with Crippen molar-refractivity contribution in [2.75, 3.05) is 17.2 Å². The van der Waals surface area contributed by atoms with Gasteiger partial charge < -0.3 is 15.5 Å². The average molecular weight is 561 g/mol. The Balaban J connectivity index is 1.20. The Morgan fingerprint density at radius 3 is 2.87 bits per heavy atom. The lowest BCUT2D eigenvalue weighted by Gasteiger charge is -2.24. The van der Waals surface area contributed by atoms with Gasteiger partial charge in [0.2, 0.25) is 5.91 Å². The number of hydrogen-bond donors (Lipinski definition) is 2. The van der Waals surface area contributed by atoms with Crippen LogP contribution in [0.15, 0.2) is 76.2 Å². The van der Waals surface area contributed by atoms with Crippen molar-refractivity contribution in [3.8, 4) is 0 Å². The van der Waals surface area contributed by atoms with Crippen molar-refractivity contribution in [2.24, 2.45) is 4.99 Å². The molecule has 1 fully saturated rings. The molecule has 1 saturated heterocycles. The van der Waals surface area contributed by atoms with E-state index < -0.39 is 6.04 Å². The maximum absolute atomic E-state index is 13.4. The first kappa shape index (κ1) is 24.6. The SMILES string of the molecule is O=C1N=C(N2CCC[C@H]2C(=O)Nc2ccc3ncnc(Nc4cccc(Cl)c4)c3c2)S/C1=C/c1cccs1. The molecular weight excluding hydrogens is 540 g/mol. The molecular formula is C27H21ClN6O2S2. The molecule has 8 nitrogen and oxygen atoms in total. The van der Waals surface area contributed by atoms with Gasteiger partial charge >= 0.3 is 0 Å². The van der Waals surface area contributed by atoms with Crippen molar-refractivity contribution < 1.29 is 9.59 Å². The number of amides is 2. The Labute approximate surface area is 231 Å². The molecule has 0 radical (unpaired) electrons. The van der Waals surface area contributed by atoms with Gasteiger partial charge in [0, 0.05) is 33.2 Å². The molecule has 2 amide bonds. The first-order valence-corrected chi connectivity index (χ1v) is 14.0. The van der Waals surface area contributed by atoms with Crippen LogP contribution in [0.25, 0.3) is 17.0 Å². The number of rotatable bonds is 5. The molecule has 38 heavy (non-hydrogen) atoms. The van der Waals surface area contributed by atoms with E-state index in [1.165, 1.54) is 18.1 Å². The molecule has 11 heteroatoms. The molecule has 2 N–H and O–H groups in total. The van der Waals surface area contributed by atoms with Gasteiger partial charge in [0.1, 0.15) is 18.2 Å². The van der Waals surface area contributed by atoms with Crippen LogP contribution in [0.2, 0.25) is 5.02 Å². The van der Waals surface area contributed by atoms with Crippen LogP contribution in [0.3, 0.4) is 0 Å². The Hall–Kier alpha value is -3.73. The summed E-state index contributed by atoms with van der Waals surface area (Å²) in [6.45, 7) is 0.669. The summed E-state index contributed by atoms with van der Waals surface area (Å²) in [5.74, 6) is 0.198. The number of hydrogen-bond acceptors (Lipinski definition) is 8. The van der Waals surface area contributed by atoms with E-state index in [0.29, 0.717) is 39.6 Å². The van der Waals surface area contributed by atoms with Crippen LogP contribution in [-0.4, -0.2) is 44.4 Å². The van der Waals surface area contributed by atoms with Crippen molar-refractivity contribution >= 4 is 85.9 Å². The van der Waals surface area contributed by atoms with Gasteiger partial charge in [-0.3, -0.25) is 9.59 Å². The number of anilines is 3. The minimum absolute atomic E-state index is 0.144. The molecule has 0 unspecified atom stereocenters. The van der Waals surface area contributed by atoms with Crippen LogP contribution in [0.4, 0.5) is 17.2 Å². The number of benzene rings is 2. The molecule has 2 aliphatic heterocycles. The van der Waals surface area contributed by atoms with E-state index in [4.69, 9.17) is 11.6 Å². The van der Waals surface area contributed by atoms with E-state index in [-0.39, 0.29) is 11.8 Å². The van der Waals surface area contributed by atoms with E-state index in [1.807, 2.05) is 64.9 Å². The van der Waals surface area contributed by atoms with Gasteiger partial charge in [-0.15, -0.1) is 11.3 Å². The topological polar surface area (TPSA) is 99.6 Å². The molecule has 190 valence electrons. The summed E-state index contributed by atoms with van der Waals surface area (Å²) >= 11 is 9.02. The van der Waals surface area contributed by atoms with E-state index in [0.717, 1.165) is 27.9 Å². The highest BCUT2D eigenvalue weighted by Gasteiger charge is 2.37. The number of aromatic nitrogens is 2. The lowest BCUT2D eigenvalue weighted by atomic mass is 10.1. The molecule has 2 aliphatic rings. The molecule has 0 saturated carbocycles. The number of thiophene rings is 1. The number of carbonyl (C=O) groups is 2. The highest BCUT2D eigenvalue weighted by atomic mass is 35.5. The standard InChI is InChI=1S/C27H21ClN6O2S2/c28-16-4-1-5-17(12-16)31-24-20-13-18(8-9-21(20)29-15-30-24)32-25(35)22-7-2-10-34(22)27-33-26(36)23(38-27)14-19-6-3-11-37-19/h1,3-6,8-9,11-15,22H,2,7,10H2,(H,32,35)(H,29,30,31)/b23-14+/t22-/m0/s1. The Bertz CT molecular complexity index is 1600. The molecule has 0 bridgehead atoms. The third-order valence-corrected chi connectivity index (χ3v) is 8.29. The van der Waals surface area contributed by atoms with Crippen LogP contribution < -0.4 is 10.6 Å². The minimum Gasteiger partial charge on any atom is -0.340 e. The second-order valence-corrected chi connectivity index (χ2v) is 11.2. The van der Waals surface area contributed by atoms with Crippen LogP contribution in [0, 0.1) is 0 Å². The largest absolute Gasteiger partial charge is 0.340 e. The van der Waals surface area contributed by atoms with Crippen molar-refractivity contribution in [2.45, 2.75) is 18.9 Å². The van der Waals surface area contributed by atoms with Crippen LogP contribution in [-0.2, 0) is 9.59 Å². The monoisotopic (exact) mass is 560 g/mol. The zero-order valence-electron chi connectivity index (χ0n) is 19.9. The van der Waals surface area contributed by atoms with Gasteiger partial charge in [0.15, 0.2) is 5.17 Å². The lowest BCUT2D eigenvalue weighted by Crippen LogP contribution is -2.41. The summed E-state index contributed by atoms with van der Waals surface area (Å²) < 4.78 is 0. The van der Waals surface area contributed by atoms with Crippen molar-refractivity contribution in [3.05, 3.63) is 81.1 Å².